The average Bonchev–Trinajstić information content (AvgIpc) is 1.21. The van der Waals surface area contributed by atoms with Gasteiger partial charge in [0.2, 0.25) is 0 Å². The van der Waals surface area contributed by atoms with Gasteiger partial charge in [0.05, 0.1) is 6.10 Å². The average molecular weight is 145 g/mol. The predicted molar refractivity (Wildman–Crippen MR) is 37.7 cm³/mol. The monoisotopic (exact) mass is 145 g/mol. The van der Waals surface area contributed by atoms with E-state index >= 15 is 0 Å². The van der Waals surface area contributed by atoms with Crippen molar-refractivity contribution in [1.29, 1.82) is 0 Å². The van der Waals surface area contributed by atoms with Crippen LogP contribution in [0.4, 0.5) is 0 Å². The van der Waals surface area contributed by atoms with Crippen LogP contribution in [0.2, 0.25) is 0 Å². The molecule has 0 saturated heterocycles. The molecule has 0 spiro atoms. The van der Waals surface area contributed by atoms with Crippen LogP contribution >= 0.6 is 7.60 Å². The van der Waals surface area contributed by atoms with Crippen molar-refractivity contribution >= 4 is 26.5 Å². The molecule has 3 nitrogen and oxygen atoms in total. The van der Waals surface area contributed by atoms with Gasteiger partial charge in [-0.15, -0.1) is 0 Å². The molecule has 0 amide bonds. The van der Waals surface area contributed by atoms with Gasteiger partial charge in [0.15, 0.2) is 0 Å². The second kappa shape index (κ2) is 4.55. The number of hydrogen-bond acceptors (Lipinski definition) is 2. The molecule has 5 heteroatoms. The van der Waals surface area contributed by atoms with Gasteiger partial charge in [-0.25, -0.2) is 0 Å². The molecule has 1 radical (unpaired) electrons. The van der Waals surface area contributed by atoms with Gasteiger partial charge in [-0.1, -0.05) is 0 Å². The van der Waals surface area contributed by atoms with Crippen molar-refractivity contribution in [3.63, 3.8) is 0 Å². The molecule has 0 saturated carbocycles. The summed E-state index contributed by atoms with van der Waals surface area (Å²) < 4.78 is 14.9. The first-order valence-corrected chi connectivity index (χ1v) is 4.43. The Labute approximate surface area is 67.5 Å². The molecule has 0 aliphatic heterocycles. The van der Waals surface area contributed by atoms with Crippen molar-refractivity contribution in [2.45, 2.75) is 20.0 Å². The van der Waals surface area contributed by atoms with Crippen LogP contribution in [0.15, 0.2) is 0 Å². The molecule has 0 aliphatic rings. The van der Waals surface area contributed by atoms with Gasteiger partial charge in [0.25, 0.3) is 0 Å². The topological polar surface area (TPSA) is 46.5 Å². The Morgan fingerprint density at radius 2 is 1.89 bits per heavy atom. The Kier molecular flexibility index (Phi) is 6.28. The maximum atomic E-state index is 10.4. The molecule has 1 N–H and O–H groups in total. The zero-order chi connectivity index (χ0) is 6.78. The largest absolute Gasteiger partial charge is 0.325 e. The summed E-state index contributed by atoms with van der Waals surface area (Å²) in [6.45, 7) is 4.60. The van der Waals surface area contributed by atoms with Gasteiger partial charge in [-0.2, -0.15) is 0 Å². The molecule has 0 rings (SSSR count). The Bertz CT molecular complexity index is 108. The summed E-state index contributed by atoms with van der Waals surface area (Å²) in [5, 5.41) is 0. The third-order valence-electron chi connectivity index (χ3n) is 0.406. The molecule has 1 unspecified atom stereocenters. The van der Waals surface area contributed by atoms with E-state index in [4.69, 9.17) is 4.89 Å². The molecule has 0 heterocycles. The van der Waals surface area contributed by atoms with Crippen LogP contribution in [0.25, 0.3) is 0 Å². The van der Waals surface area contributed by atoms with Crippen LogP contribution in [-0.2, 0) is 9.09 Å². The fraction of sp³-hybridized carbons (Fsp3) is 1.00. The van der Waals surface area contributed by atoms with Gasteiger partial charge in [-0.3, -0.25) is 4.57 Å². The van der Waals surface area contributed by atoms with Crippen LogP contribution in [-0.4, -0.2) is 36.5 Å². The summed E-state index contributed by atoms with van der Waals surface area (Å²) in [7, 11) is -3.22. The summed E-state index contributed by atoms with van der Waals surface area (Å²) in [6, 6.07) is 0. The van der Waals surface area contributed by atoms with E-state index < -0.39 is 7.60 Å². The first-order valence-electron chi connectivity index (χ1n) is 2.40. The van der Waals surface area contributed by atoms with E-state index in [9.17, 15) is 4.57 Å². The number of rotatable bonds is 2. The van der Waals surface area contributed by atoms with E-state index in [2.05, 4.69) is 4.52 Å². The summed E-state index contributed by atoms with van der Waals surface area (Å²) in [6.07, 6.45) is -0.171. The second-order valence-electron chi connectivity index (χ2n) is 1.96. The maximum Gasteiger partial charge on any atom is 0.325 e. The van der Waals surface area contributed by atoms with E-state index in [1.807, 2.05) is 0 Å². The molecule has 0 aromatic carbocycles. The minimum atomic E-state index is -3.22. The van der Waals surface area contributed by atoms with Gasteiger partial charge in [-0.05, 0) is 13.8 Å². The van der Waals surface area contributed by atoms with E-state index in [0.29, 0.717) is 0 Å². The molecule has 9 heavy (non-hydrogen) atoms. The van der Waals surface area contributed by atoms with E-state index in [1.54, 1.807) is 13.8 Å². The van der Waals surface area contributed by atoms with Crippen LogP contribution < -0.4 is 0 Å². The van der Waals surface area contributed by atoms with Gasteiger partial charge >= 0.3 is 7.60 Å². The van der Waals surface area contributed by atoms with Crippen LogP contribution in [0.1, 0.15) is 13.8 Å². The molecule has 0 fully saturated rings. The van der Waals surface area contributed by atoms with Crippen molar-refractivity contribution < 1.29 is 14.0 Å². The molecule has 0 aromatic rings. The van der Waals surface area contributed by atoms with Crippen LogP contribution in [0, 0.1) is 0 Å². The Hall–Kier alpha value is 0.747. The fourth-order valence-electron chi connectivity index (χ4n) is 0.391. The summed E-state index contributed by atoms with van der Waals surface area (Å²) in [5.74, 6) is 0. The van der Waals surface area contributed by atoms with Crippen molar-refractivity contribution in [2.75, 3.05) is 6.66 Å². The summed E-state index contributed by atoms with van der Waals surface area (Å²) >= 11 is 0. The first kappa shape index (κ1) is 12.4. The van der Waals surface area contributed by atoms with E-state index in [0.717, 1.165) is 0 Å². The van der Waals surface area contributed by atoms with Gasteiger partial charge < -0.3 is 9.42 Å². The Balaban J connectivity index is 0. The van der Waals surface area contributed by atoms with Gasteiger partial charge in [0.1, 0.15) is 0 Å². The van der Waals surface area contributed by atoms with Crippen molar-refractivity contribution in [2.24, 2.45) is 0 Å². The zero-order valence-corrected chi connectivity index (χ0v) is 7.18. The smallest absolute Gasteiger partial charge is 0.324 e. The first-order chi connectivity index (χ1) is 3.42. The Morgan fingerprint density at radius 1 is 1.56 bits per heavy atom. The van der Waals surface area contributed by atoms with Crippen molar-refractivity contribution in [3.05, 3.63) is 0 Å². The molecule has 0 bridgehead atoms. The zero-order valence-electron chi connectivity index (χ0n) is 6.29. The second-order valence-corrected chi connectivity index (χ2v) is 3.77. The van der Waals surface area contributed by atoms with Crippen LogP contribution in [0.3, 0.4) is 0 Å². The minimum Gasteiger partial charge on any atom is -0.324 e. The molecule has 0 aliphatic carbocycles. The fourth-order valence-corrected chi connectivity index (χ4v) is 1.17. The molecule has 1 atom stereocenters. The molecular weight excluding hydrogens is 134 g/mol. The number of hydrogen-bond donors (Lipinski definition) is 1. The minimum absolute atomic E-state index is 0. The van der Waals surface area contributed by atoms with E-state index in [-0.39, 0.29) is 25.0 Å². The van der Waals surface area contributed by atoms with Crippen molar-refractivity contribution in [1.82, 2.24) is 0 Å². The third-order valence-corrected chi connectivity index (χ3v) is 1.22. The molecule has 51 valence electrons. The SMILES string of the molecule is CC(C)OP(C)(=O)O.[Li]. The van der Waals surface area contributed by atoms with E-state index in [1.165, 1.54) is 6.66 Å². The van der Waals surface area contributed by atoms with Gasteiger partial charge in [0, 0.05) is 25.5 Å². The summed E-state index contributed by atoms with van der Waals surface area (Å²) in [4.78, 5) is 8.52. The quantitative estimate of drug-likeness (QED) is 0.462. The summed E-state index contributed by atoms with van der Waals surface area (Å²) in [5.41, 5.74) is 0. The molecule has 0 aromatic heterocycles. The van der Waals surface area contributed by atoms with Crippen molar-refractivity contribution in [3.8, 4) is 0 Å². The molecular formula is C4H11LiO3P. The van der Waals surface area contributed by atoms with Crippen LogP contribution in [0.5, 0.6) is 0 Å². The normalized spacial score (nSPS) is 16.6. The maximum absolute atomic E-state index is 10.4. The third kappa shape index (κ3) is 12.1. The standard InChI is InChI=1S/C4H11O3P.Li/c1-4(2)7-8(3,5)6;/h4H,1-3H3,(H,5,6);. The Morgan fingerprint density at radius 3 is 1.89 bits per heavy atom. The predicted octanol–water partition coefficient (Wildman–Crippen LogP) is 0.846.